The van der Waals surface area contributed by atoms with E-state index < -0.39 is 27.1 Å². The summed E-state index contributed by atoms with van der Waals surface area (Å²) in [7, 11) is -4.24. The first-order valence-corrected chi connectivity index (χ1v) is 5.60. The van der Waals surface area contributed by atoms with Crippen molar-refractivity contribution < 1.29 is 30.9 Å². The van der Waals surface area contributed by atoms with Crippen LogP contribution in [0.15, 0.2) is 18.2 Å². The van der Waals surface area contributed by atoms with Crippen molar-refractivity contribution in [3.8, 4) is 11.5 Å². The lowest BCUT2D eigenvalue weighted by Gasteiger charge is -2.10. The zero-order valence-corrected chi connectivity index (χ0v) is 9.26. The molecule has 0 fully saturated rings. The summed E-state index contributed by atoms with van der Waals surface area (Å²) >= 11 is 0. The highest BCUT2D eigenvalue weighted by Crippen LogP contribution is 2.31. The molecule has 9 heteroatoms. The fourth-order valence-electron chi connectivity index (χ4n) is 0.949. The van der Waals surface area contributed by atoms with Gasteiger partial charge in [-0.25, -0.2) is 0 Å². The number of halogens is 3. The Morgan fingerprint density at radius 1 is 1.35 bits per heavy atom. The molecule has 0 amide bonds. The van der Waals surface area contributed by atoms with Gasteiger partial charge in [-0.1, -0.05) is 0 Å². The van der Waals surface area contributed by atoms with Gasteiger partial charge in [0.2, 0.25) is 0 Å². The minimum atomic E-state index is -5.72. The summed E-state index contributed by atoms with van der Waals surface area (Å²) in [6, 6.07) is 2.92. The van der Waals surface area contributed by atoms with Gasteiger partial charge >= 0.3 is 15.6 Å². The Labute approximate surface area is 94.9 Å². The Kier molecular flexibility index (Phi) is 3.41. The number of benzene rings is 1. The molecule has 96 valence electrons. The van der Waals surface area contributed by atoms with Crippen molar-refractivity contribution in [2.24, 2.45) is 0 Å². The molecule has 0 saturated carbocycles. The van der Waals surface area contributed by atoms with E-state index >= 15 is 0 Å². The molecule has 17 heavy (non-hydrogen) atoms. The van der Waals surface area contributed by atoms with E-state index in [-0.39, 0.29) is 5.69 Å². The molecule has 1 aromatic carbocycles. The van der Waals surface area contributed by atoms with Crippen LogP contribution in [-0.4, -0.2) is 26.1 Å². The monoisotopic (exact) mass is 271 g/mol. The van der Waals surface area contributed by atoms with Crippen molar-refractivity contribution in [2.45, 2.75) is 5.51 Å². The van der Waals surface area contributed by atoms with Crippen LogP contribution in [0.2, 0.25) is 0 Å². The van der Waals surface area contributed by atoms with Gasteiger partial charge in [0.1, 0.15) is 11.5 Å². The lowest BCUT2D eigenvalue weighted by atomic mass is 10.3. The number of phenols is 1. The molecule has 0 aromatic heterocycles. The largest absolute Gasteiger partial charge is 0.534 e. The highest BCUT2D eigenvalue weighted by atomic mass is 32.2. The third-order valence-corrected chi connectivity index (χ3v) is 2.71. The van der Waals surface area contributed by atoms with Crippen LogP contribution in [0.3, 0.4) is 0 Å². The van der Waals surface area contributed by atoms with Gasteiger partial charge in [0, 0.05) is 13.1 Å². The molecule has 0 aliphatic carbocycles. The molecular weight excluding hydrogens is 263 g/mol. The van der Waals surface area contributed by atoms with E-state index in [0.29, 0.717) is 0 Å². The van der Waals surface area contributed by atoms with Gasteiger partial charge in [0.15, 0.2) is 0 Å². The van der Waals surface area contributed by atoms with Gasteiger partial charge in [0.25, 0.3) is 0 Å². The Morgan fingerprint density at radius 3 is 2.35 bits per heavy atom. The van der Waals surface area contributed by atoms with Crippen LogP contribution < -0.4 is 9.50 Å². The first kappa shape index (κ1) is 13.4. The van der Waals surface area contributed by atoms with E-state index in [1.54, 1.807) is 0 Å². The van der Waals surface area contributed by atoms with E-state index in [0.717, 1.165) is 12.1 Å². The van der Waals surface area contributed by atoms with Crippen LogP contribution in [0, 0.1) is 0 Å². The number of alkyl halides is 3. The number of nitrogens with one attached hydrogen (secondary N) is 1. The van der Waals surface area contributed by atoms with Gasteiger partial charge in [0.05, 0.1) is 5.69 Å². The molecule has 0 atom stereocenters. The lowest BCUT2D eigenvalue weighted by Crippen LogP contribution is -2.28. The number of rotatable bonds is 3. The minimum Gasteiger partial charge on any atom is -0.506 e. The van der Waals surface area contributed by atoms with Crippen LogP contribution >= 0.6 is 0 Å². The summed E-state index contributed by atoms with van der Waals surface area (Å²) in [5.41, 5.74) is -5.29. The molecule has 0 aliphatic heterocycles. The van der Waals surface area contributed by atoms with Crippen molar-refractivity contribution in [3.05, 3.63) is 18.2 Å². The summed E-state index contributed by atoms with van der Waals surface area (Å²) < 4.78 is 61.0. The van der Waals surface area contributed by atoms with Gasteiger partial charge in [-0.3, -0.25) is 0 Å². The maximum absolute atomic E-state index is 12.0. The topological polar surface area (TPSA) is 75.6 Å². The molecular formula is C8H8F3NO4S. The highest BCUT2D eigenvalue weighted by Gasteiger charge is 2.48. The maximum Gasteiger partial charge on any atom is 0.534 e. The number of anilines is 1. The minimum absolute atomic E-state index is 0.224. The molecule has 2 N–H and O–H groups in total. The molecule has 5 nitrogen and oxygen atoms in total. The number of hydrogen-bond donors (Lipinski definition) is 2. The predicted molar refractivity (Wildman–Crippen MR) is 53.3 cm³/mol. The van der Waals surface area contributed by atoms with Crippen LogP contribution in [0.1, 0.15) is 0 Å². The molecule has 0 spiro atoms. The average molecular weight is 271 g/mol. The Morgan fingerprint density at radius 2 is 1.94 bits per heavy atom. The highest BCUT2D eigenvalue weighted by molar-refractivity contribution is 7.87. The van der Waals surface area contributed by atoms with E-state index in [2.05, 4.69) is 9.50 Å². The summed E-state index contributed by atoms with van der Waals surface area (Å²) in [6.07, 6.45) is 0. The number of hydrogen-bond acceptors (Lipinski definition) is 5. The summed E-state index contributed by atoms with van der Waals surface area (Å²) in [6.45, 7) is 0. The second kappa shape index (κ2) is 4.32. The fraction of sp³-hybridized carbons (Fsp3) is 0.250. The van der Waals surface area contributed by atoms with Crippen molar-refractivity contribution in [2.75, 3.05) is 12.4 Å². The number of aromatic hydroxyl groups is 1. The van der Waals surface area contributed by atoms with E-state index in [4.69, 9.17) is 0 Å². The Hall–Kier alpha value is -1.64. The molecule has 0 saturated heterocycles. The van der Waals surface area contributed by atoms with Crippen molar-refractivity contribution >= 4 is 15.8 Å². The van der Waals surface area contributed by atoms with Crippen LogP contribution in [0.4, 0.5) is 18.9 Å². The van der Waals surface area contributed by atoms with Gasteiger partial charge in [-0.15, -0.1) is 0 Å². The third kappa shape index (κ3) is 2.93. The zero-order chi connectivity index (χ0) is 13.3. The smallest absolute Gasteiger partial charge is 0.506 e. The van der Waals surface area contributed by atoms with E-state index in [1.165, 1.54) is 13.1 Å². The Bertz CT molecular complexity index is 512. The number of phenolic OH excluding ortho intramolecular Hbond substituents is 1. The third-order valence-electron chi connectivity index (χ3n) is 1.73. The van der Waals surface area contributed by atoms with Gasteiger partial charge in [-0.2, -0.15) is 21.6 Å². The van der Waals surface area contributed by atoms with Crippen LogP contribution in [0.25, 0.3) is 0 Å². The predicted octanol–water partition coefficient (Wildman–Crippen LogP) is 1.66. The molecule has 1 aromatic rings. The molecule has 0 unspecified atom stereocenters. The SMILES string of the molecule is CNc1ccc(OS(=O)(=O)C(F)(F)F)cc1O. The van der Waals surface area contributed by atoms with Crippen molar-refractivity contribution in [3.63, 3.8) is 0 Å². The molecule has 0 heterocycles. The van der Waals surface area contributed by atoms with Crippen LogP contribution in [-0.2, 0) is 10.1 Å². The second-order valence-electron chi connectivity index (χ2n) is 2.91. The first-order valence-electron chi connectivity index (χ1n) is 4.19. The van der Waals surface area contributed by atoms with Crippen LogP contribution in [0.5, 0.6) is 11.5 Å². The second-order valence-corrected chi connectivity index (χ2v) is 4.45. The van der Waals surface area contributed by atoms with E-state index in [9.17, 15) is 26.7 Å². The molecule has 1 rings (SSSR count). The summed E-state index contributed by atoms with van der Waals surface area (Å²) in [5.74, 6) is -1.05. The standard InChI is InChI=1S/C8H8F3NO4S/c1-12-6-3-2-5(4-7(6)13)16-17(14,15)8(9,10)11/h2-4,12-13H,1H3. The van der Waals surface area contributed by atoms with E-state index in [1.807, 2.05) is 0 Å². The molecule has 0 aliphatic rings. The molecule has 0 bridgehead atoms. The van der Waals surface area contributed by atoms with Gasteiger partial charge in [-0.05, 0) is 12.1 Å². The van der Waals surface area contributed by atoms with Gasteiger partial charge < -0.3 is 14.6 Å². The Balaban J connectivity index is 3.02. The summed E-state index contributed by atoms with van der Waals surface area (Å²) in [5, 5.41) is 11.8. The fourth-order valence-corrected chi connectivity index (χ4v) is 1.40. The zero-order valence-electron chi connectivity index (χ0n) is 8.45. The quantitative estimate of drug-likeness (QED) is 0.497. The first-order chi connectivity index (χ1) is 7.67. The molecule has 0 radical (unpaired) electrons. The van der Waals surface area contributed by atoms with Crippen molar-refractivity contribution in [1.82, 2.24) is 0 Å². The normalized spacial score (nSPS) is 12.2. The maximum atomic E-state index is 12.0. The average Bonchev–Trinajstić information content (AvgIpc) is 2.15. The lowest BCUT2D eigenvalue weighted by molar-refractivity contribution is -0.0500. The summed E-state index contributed by atoms with van der Waals surface area (Å²) in [4.78, 5) is 0. The van der Waals surface area contributed by atoms with Crippen molar-refractivity contribution in [1.29, 1.82) is 0 Å².